The van der Waals surface area contributed by atoms with E-state index < -0.39 is 0 Å². The van der Waals surface area contributed by atoms with E-state index in [9.17, 15) is 4.79 Å². The number of carbonyl (C=O) groups excluding carboxylic acids is 1. The average Bonchev–Trinajstić information content (AvgIpc) is 2.49. The minimum atomic E-state index is 0.174. The molecule has 0 bridgehead atoms. The van der Waals surface area contributed by atoms with Gasteiger partial charge in [-0.05, 0) is 32.0 Å². The molecule has 0 unspecified atom stereocenters. The van der Waals surface area contributed by atoms with Crippen LogP contribution in [0.2, 0.25) is 0 Å². The molecule has 0 radical (unpaired) electrons. The zero-order valence-electron chi connectivity index (χ0n) is 12.5. The van der Waals surface area contributed by atoms with E-state index in [1.54, 1.807) is 0 Å². The smallest absolute Gasteiger partial charge is 0.165 e. The minimum absolute atomic E-state index is 0.174. The standard InChI is InChI=1S/C18H20BrNO/c1-3-20(15-10-8-14(2)9-11-15)13-12-18(21)16-6-4-5-7-17(16)19/h4-11H,3,12-13H2,1-2H3. The first kappa shape index (κ1) is 15.8. The van der Waals surface area contributed by atoms with Crippen LogP contribution in [-0.2, 0) is 0 Å². The number of aryl methyl sites for hydroxylation is 1. The number of nitrogens with zero attached hydrogens (tertiary/aromatic N) is 1. The molecule has 0 aliphatic heterocycles. The molecule has 0 spiro atoms. The lowest BCUT2D eigenvalue weighted by Gasteiger charge is -2.23. The number of halogens is 1. The van der Waals surface area contributed by atoms with Crippen LogP contribution in [0.25, 0.3) is 0 Å². The number of ketones is 1. The van der Waals surface area contributed by atoms with E-state index in [-0.39, 0.29) is 5.78 Å². The summed E-state index contributed by atoms with van der Waals surface area (Å²) in [5, 5.41) is 0. The highest BCUT2D eigenvalue weighted by Crippen LogP contribution is 2.19. The molecule has 0 atom stereocenters. The van der Waals surface area contributed by atoms with Crippen molar-refractivity contribution in [2.75, 3.05) is 18.0 Å². The molecule has 0 heterocycles. The summed E-state index contributed by atoms with van der Waals surface area (Å²) in [5.74, 6) is 0.174. The molecule has 110 valence electrons. The van der Waals surface area contributed by atoms with Gasteiger partial charge in [-0.3, -0.25) is 4.79 Å². The Kier molecular flexibility index (Phi) is 5.57. The zero-order chi connectivity index (χ0) is 15.2. The molecule has 2 rings (SSSR count). The number of hydrogen-bond acceptors (Lipinski definition) is 2. The highest BCUT2D eigenvalue weighted by atomic mass is 79.9. The van der Waals surface area contributed by atoms with Gasteiger partial charge in [0.1, 0.15) is 0 Å². The predicted molar refractivity (Wildman–Crippen MR) is 92.2 cm³/mol. The number of carbonyl (C=O) groups is 1. The van der Waals surface area contributed by atoms with Gasteiger partial charge in [-0.2, -0.15) is 0 Å². The molecule has 2 aromatic rings. The first-order valence-corrected chi connectivity index (χ1v) is 8.00. The van der Waals surface area contributed by atoms with Crippen molar-refractivity contribution in [3.05, 3.63) is 64.1 Å². The van der Waals surface area contributed by atoms with Crippen molar-refractivity contribution in [1.29, 1.82) is 0 Å². The maximum Gasteiger partial charge on any atom is 0.165 e. The number of hydrogen-bond donors (Lipinski definition) is 0. The van der Waals surface area contributed by atoms with Gasteiger partial charge in [-0.25, -0.2) is 0 Å². The van der Waals surface area contributed by atoms with Gasteiger partial charge in [-0.15, -0.1) is 0 Å². The molecule has 2 aromatic carbocycles. The van der Waals surface area contributed by atoms with Crippen molar-refractivity contribution in [3.8, 4) is 0 Å². The largest absolute Gasteiger partial charge is 0.371 e. The quantitative estimate of drug-likeness (QED) is 0.697. The van der Waals surface area contributed by atoms with Gasteiger partial charge in [0, 0.05) is 35.2 Å². The predicted octanol–water partition coefficient (Wildman–Crippen LogP) is 4.86. The molecule has 0 aliphatic carbocycles. The molecule has 0 amide bonds. The Morgan fingerprint density at radius 1 is 1.10 bits per heavy atom. The zero-order valence-corrected chi connectivity index (χ0v) is 14.1. The number of Topliss-reactive ketones (excluding diaryl/α,β-unsaturated/α-hetero) is 1. The van der Waals surface area contributed by atoms with Crippen LogP contribution in [0.15, 0.2) is 53.0 Å². The van der Waals surface area contributed by atoms with Crippen molar-refractivity contribution in [2.24, 2.45) is 0 Å². The van der Waals surface area contributed by atoms with Gasteiger partial charge >= 0.3 is 0 Å². The minimum Gasteiger partial charge on any atom is -0.371 e. The summed E-state index contributed by atoms with van der Waals surface area (Å²) < 4.78 is 0.869. The van der Waals surface area contributed by atoms with Gasteiger partial charge in [0.15, 0.2) is 5.78 Å². The van der Waals surface area contributed by atoms with Gasteiger partial charge in [0.2, 0.25) is 0 Å². The Bertz CT molecular complexity index is 607. The monoisotopic (exact) mass is 345 g/mol. The highest BCUT2D eigenvalue weighted by Gasteiger charge is 2.11. The van der Waals surface area contributed by atoms with Crippen molar-refractivity contribution >= 4 is 27.4 Å². The van der Waals surface area contributed by atoms with Crippen LogP contribution in [0.4, 0.5) is 5.69 Å². The maximum absolute atomic E-state index is 12.3. The number of rotatable bonds is 6. The fourth-order valence-corrected chi connectivity index (χ4v) is 2.79. The Labute approximate surface area is 134 Å². The third-order valence-corrected chi connectivity index (χ3v) is 4.26. The fraction of sp³-hybridized carbons (Fsp3) is 0.278. The molecule has 0 N–H and O–H groups in total. The fourth-order valence-electron chi connectivity index (χ4n) is 2.28. The molecule has 2 nitrogen and oxygen atoms in total. The van der Waals surface area contributed by atoms with Crippen LogP contribution in [0.1, 0.15) is 29.3 Å². The second kappa shape index (κ2) is 7.41. The van der Waals surface area contributed by atoms with E-state index in [1.807, 2.05) is 24.3 Å². The molecule has 0 aliphatic rings. The Morgan fingerprint density at radius 2 is 1.76 bits per heavy atom. The molecule has 0 aromatic heterocycles. The molecule has 0 saturated carbocycles. The van der Waals surface area contributed by atoms with E-state index in [0.717, 1.165) is 23.1 Å². The molecular formula is C18H20BrNO. The Balaban J connectivity index is 2.02. The van der Waals surface area contributed by atoms with E-state index in [4.69, 9.17) is 0 Å². The van der Waals surface area contributed by atoms with Crippen LogP contribution >= 0.6 is 15.9 Å². The Morgan fingerprint density at radius 3 is 2.38 bits per heavy atom. The van der Waals surface area contributed by atoms with Gasteiger partial charge in [0.05, 0.1) is 0 Å². The third kappa shape index (κ3) is 4.18. The molecule has 0 fully saturated rings. The lowest BCUT2D eigenvalue weighted by molar-refractivity contribution is 0.0984. The summed E-state index contributed by atoms with van der Waals surface area (Å²) >= 11 is 3.44. The van der Waals surface area contributed by atoms with E-state index in [0.29, 0.717) is 6.42 Å². The van der Waals surface area contributed by atoms with E-state index in [1.165, 1.54) is 11.3 Å². The second-order valence-electron chi connectivity index (χ2n) is 5.07. The van der Waals surface area contributed by atoms with Crippen molar-refractivity contribution in [2.45, 2.75) is 20.3 Å². The number of benzene rings is 2. The maximum atomic E-state index is 12.3. The molecule has 21 heavy (non-hydrogen) atoms. The normalized spacial score (nSPS) is 10.4. The lowest BCUT2D eigenvalue weighted by Crippen LogP contribution is -2.25. The van der Waals surface area contributed by atoms with Crippen LogP contribution in [-0.4, -0.2) is 18.9 Å². The van der Waals surface area contributed by atoms with E-state index >= 15 is 0 Å². The summed E-state index contributed by atoms with van der Waals surface area (Å²) in [4.78, 5) is 14.5. The number of anilines is 1. The van der Waals surface area contributed by atoms with Crippen molar-refractivity contribution in [1.82, 2.24) is 0 Å². The lowest BCUT2D eigenvalue weighted by atomic mass is 10.1. The van der Waals surface area contributed by atoms with E-state index in [2.05, 4.69) is 58.9 Å². The Hall–Kier alpha value is -1.61. The summed E-state index contributed by atoms with van der Waals surface area (Å²) in [7, 11) is 0. The topological polar surface area (TPSA) is 20.3 Å². The van der Waals surface area contributed by atoms with Crippen LogP contribution < -0.4 is 4.90 Å². The average molecular weight is 346 g/mol. The van der Waals surface area contributed by atoms with Crippen LogP contribution in [0.3, 0.4) is 0 Å². The molecular weight excluding hydrogens is 326 g/mol. The van der Waals surface area contributed by atoms with Crippen LogP contribution in [0, 0.1) is 6.92 Å². The molecule has 0 saturated heterocycles. The SMILES string of the molecule is CCN(CCC(=O)c1ccccc1Br)c1ccc(C)cc1. The third-order valence-electron chi connectivity index (χ3n) is 3.56. The van der Waals surface area contributed by atoms with Gasteiger partial charge in [0.25, 0.3) is 0 Å². The summed E-state index contributed by atoms with van der Waals surface area (Å²) in [6, 6.07) is 16.0. The second-order valence-corrected chi connectivity index (χ2v) is 5.92. The summed E-state index contributed by atoms with van der Waals surface area (Å²) in [5.41, 5.74) is 3.18. The van der Waals surface area contributed by atoms with Crippen LogP contribution in [0.5, 0.6) is 0 Å². The molecule has 3 heteroatoms. The first-order valence-electron chi connectivity index (χ1n) is 7.21. The highest BCUT2D eigenvalue weighted by molar-refractivity contribution is 9.10. The first-order chi connectivity index (χ1) is 10.1. The van der Waals surface area contributed by atoms with Crippen molar-refractivity contribution < 1.29 is 4.79 Å². The van der Waals surface area contributed by atoms with Gasteiger partial charge in [-0.1, -0.05) is 51.8 Å². The van der Waals surface area contributed by atoms with Gasteiger partial charge < -0.3 is 4.90 Å². The summed E-state index contributed by atoms with van der Waals surface area (Å²) in [6.07, 6.45) is 0.518. The summed E-state index contributed by atoms with van der Waals surface area (Å²) in [6.45, 7) is 5.82. The van der Waals surface area contributed by atoms with Crippen molar-refractivity contribution in [3.63, 3.8) is 0 Å².